The third-order valence-electron chi connectivity index (χ3n) is 9.23. The number of Topliss-reactive ketones (excluding diaryl/α,β-unsaturated/α-hetero) is 1. The molecule has 1 saturated heterocycles. The van der Waals surface area contributed by atoms with Crippen molar-refractivity contribution in [2.45, 2.75) is 63.3 Å². The van der Waals surface area contributed by atoms with Gasteiger partial charge in [-0.15, -0.1) is 0 Å². The Hall–Kier alpha value is -3.21. The normalized spacial score (nSPS) is 31.3. The molecule has 6 N–H and O–H groups in total. The molecule has 0 saturated carbocycles. The molecule has 4 aliphatic rings. The first-order valence-electron chi connectivity index (χ1n) is 13.4. The second kappa shape index (κ2) is 9.46. The lowest BCUT2D eigenvalue weighted by molar-refractivity contribution is -0.115. The standard InChI is InChI=1S/C29H36FN3O6/c1-13-7-5-6-8-33(13)12-16-11-19(34)22-17(23(16)30)9-15-10-18-24(32(3)4)26(36)20(28(31)38)14(2)29(18,39)27(37)21(15)25(22)35/h11,13,15,18,24,34,36-37,39H,2,5-10,12H2,1,3-4H3,(H2,31,38)/t13-,15-,18-,24-,29-/m0/s1. The molecule has 3 aliphatic carbocycles. The summed E-state index contributed by atoms with van der Waals surface area (Å²) in [5, 5.41) is 45.2. The minimum atomic E-state index is -2.27. The molecule has 1 aliphatic heterocycles. The summed E-state index contributed by atoms with van der Waals surface area (Å²) < 4.78 is 16.0. The zero-order chi connectivity index (χ0) is 28.5. The first-order valence-corrected chi connectivity index (χ1v) is 13.4. The minimum absolute atomic E-state index is 0.00953. The van der Waals surface area contributed by atoms with Crippen LogP contribution in [0.5, 0.6) is 5.75 Å². The Balaban J connectivity index is 1.62. The minimum Gasteiger partial charge on any atom is -0.510 e. The lowest BCUT2D eigenvalue weighted by Gasteiger charge is -2.52. The number of ketones is 1. The van der Waals surface area contributed by atoms with E-state index >= 15 is 4.39 Å². The summed E-state index contributed by atoms with van der Waals surface area (Å²) in [6.07, 6.45) is 3.22. The second-order valence-corrected chi connectivity index (χ2v) is 11.7. The van der Waals surface area contributed by atoms with Gasteiger partial charge in [-0.25, -0.2) is 4.39 Å². The van der Waals surface area contributed by atoms with Gasteiger partial charge in [-0.3, -0.25) is 19.4 Å². The lowest BCUT2D eigenvalue weighted by atomic mass is 9.57. The van der Waals surface area contributed by atoms with E-state index in [-0.39, 0.29) is 52.7 Å². The van der Waals surface area contributed by atoms with Crippen LogP contribution in [-0.2, 0) is 17.8 Å². The van der Waals surface area contributed by atoms with Crippen molar-refractivity contribution in [3.05, 3.63) is 63.4 Å². The summed E-state index contributed by atoms with van der Waals surface area (Å²) in [5.41, 5.74) is 2.50. The summed E-state index contributed by atoms with van der Waals surface area (Å²) in [7, 11) is 3.27. The Morgan fingerprint density at radius 3 is 2.59 bits per heavy atom. The second-order valence-electron chi connectivity index (χ2n) is 11.7. The van der Waals surface area contributed by atoms with E-state index in [9.17, 15) is 30.0 Å². The largest absolute Gasteiger partial charge is 0.510 e. The number of benzene rings is 1. The maximum Gasteiger partial charge on any atom is 0.252 e. The molecule has 0 aromatic heterocycles. The molecule has 5 rings (SSSR count). The summed E-state index contributed by atoms with van der Waals surface area (Å²) in [4.78, 5) is 29.7. The SMILES string of the molecule is C=C1C(C(N)=O)=C(O)[C@@H](N(C)C)[C@@H]2C[C@@H]3Cc4c(F)c(CN5CCCC[C@@H]5C)cc(O)c4C(=O)C3=C(O)[C@]12O. The highest BCUT2D eigenvalue weighted by molar-refractivity contribution is 6.13. The number of carbonyl (C=O) groups excluding carboxylic acids is 2. The monoisotopic (exact) mass is 541 g/mol. The predicted molar refractivity (Wildman–Crippen MR) is 141 cm³/mol. The van der Waals surface area contributed by atoms with Crippen LogP contribution in [-0.4, -0.2) is 80.2 Å². The highest BCUT2D eigenvalue weighted by Gasteiger charge is 2.60. The maximum atomic E-state index is 16.0. The molecule has 0 radical (unpaired) electrons. The Kier molecular flexibility index (Phi) is 6.64. The molecule has 0 spiro atoms. The molecule has 1 aromatic carbocycles. The number of piperidine rings is 1. The van der Waals surface area contributed by atoms with Crippen molar-refractivity contribution in [3.63, 3.8) is 0 Å². The number of amides is 1. The number of nitrogens with two attached hydrogens (primary N) is 1. The van der Waals surface area contributed by atoms with E-state index in [1.165, 1.54) is 6.07 Å². The average molecular weight is 542 g/mol. The third-order valence-corrected chi connectivity index (χ3v) is 9.23. The average Bonchev–Trinajstić information content (AvgIpc) is 2.85. The Bertz CT molecular complexity index is 1350. The number of carbonyl (C=O) groups is 2. The predicted octanol–water partition coefficient (Wildman–Crippen LogP) is 2.62. The van der Waals surface area contributed by atoms with Crippen LogP contribution in [0.1, 0.15) is 54.1 Å². The van der Waals surface area contributed by atoms with Gasteiger partial charge < -0.3 is 26.2 Å². The van der Waals surface area contributed by atoms with Crippen LogP contribution in [0.15, 0.2) is 40.9 Å². The number of phenolic OH excluding ortho intramolecular Hbond substituents is 1. The summed E-state index contributed by atoms with van der Waals surface area (Å²) in [6, 6.07) is 0.612. The van der Waals surface area contributed by atoms with E-state index in [1.807, 2.05) is 0 Å². The van der Waals surface area contributed by atoms with E-state index in [4.69, 9.17) is 5.73 Å². The zero-order valence-corrected chi connectivity index (χ0v) is 22.5. The first kappa shape index (κ1) is 27.4. The highest BCUT2D eigenvalue weighted by atomic mass is 19.1. The number of phenols is 1. The van der Waals surface area contributed by atoms with Gasteiger partial charge in [0.05, 0.1) is 17.2 Å². The van der Waals surface area contributed by atoms with Crippen LogP contribution >= 0.6 is 0 Å². The van der Waals surface area contributed by atoms with E-state index in [1.54, 1.807) is 19.0 Å². The number of allylic oxidation sites excluding steroid dienone is 1. The smallest absolute Gasteiger partial charge is 0.252 e. The van der Waals surface area contributed by atoms with E-state index in [0.29, 0.717) is 12.1 Å². The molecule has 5 atom stereocenters. The van der Waals surface area contributed by atoms with Gasteiger partial charge in [-0.05, 0) is 65.2 Å². The number of aromatic hydroxyl groups is 1. The number of likely N-dealkylation sites (N-methyl/N-ethyl adjacent to an activating group) is 1. The summed E-state index contributed by atoms with van der Waals surface area (Å²) >= 11 is 0. The van der Waals surface area contributed by atoms with Crippen LogP contribution in [0.2, 0.25) is 0 Å². The zero-order valence-electron chi connectivity index (χ0n) is 22.5. The number of halogens is 1. The molecule has 1 aromatic rings. The van der Waals surface area contributed by atoms with Gasteiger partial charge in [-0.1, -0.05) is 13.0 Å². The van der Waals surface area contributed by atoms with Crippen molar-refractivity contribution in [2.75, 3.05) is 20.6 Å². The molecule has 10 heteroatoms. The van der Waals surface area contributed by atoms with Gasteiger partial charge in [0, 0.05) is 40.8 Å². The van der Waals surface area contributed by atoms with Crippen molar-refractivity contribution in [2.24, 2.45) is 17.6 Å². The number of aliphatic hydroxyl groups excluding tert-OH is 2. The van der Waals surface area contributed by atoms with Crippen LogP contribution in [0.25, 0.3) is 0 Å². The highest BCUT2D eigenvalue weighted by Crippen LogP contribution is 2.55. The molecule has 39 heavy (non-hydrogen) atoms. The van der Waals surface area contributed by atoms with Gasteiger partial charge in [0.25, 0.3) is 5.91 Å². The van der Waals surface area contributed by atoms with Gasteiger partial charge >= 0.3 is 0 Å². The van der Waals surface area contributed by atoms with Crippen molar-refractivity contribution >= 4 is 11.7 Å². The molecular formula is C29H36FN3O6. The van der Waals surface area contributed by atoms with Gasteiger partial charge in [0.15, 0.2) is 11.4 Å². The molecule has 1 amide bonds. The van der Waals surface area contributed by atoms with Gasteiger partial charge in [0.1, 0.15) is 23.1 Å². The summed E-state index contributed by atoms with van der Waals surface area (Å²) in [6.45, 7) is 6.99. The number of primary amides is 1. The fourth-order valence-corrected chi connectivity index (χ4v) is 7.25. The third kappa shape index (κ3) is 3.91. The van der Waals surface area contributed by atoms with Crippen LogP contribution in [0.3, 0.4) is 0 Å². The number of rotatable bonds is 4. The molecule has 0 bridgehead atoms. The van der Waals surface area contributed by atoms with E-state index in [0.717, 1.165) is 25.8 Å². The number of hydrogen-bond acceptors (Lipinski definition) is 8. The fraction of sp³-hybridized carbons (Fsp3) is 0.517. The van der Waals surface area contributed by atoms with Crippen molar-refractivity contribution in [1.29, 1.82) is 0 Å². The Morgan fingerprint density at radius 1 is 1.28 bits per heavy atom. The van der Waals surface area contributed by atoms with Gasteiger partial charge in [-0.2, -0.15) is 0 Å². The van der Waals surface area contributed by atoms with E-state index in [2.05, 4.69) is 18.4 Å². The number of hydrogen-bond donors (Lipinski definition) is 5. The van der Waals surface area contributed by atoms with E-state index < -0.39 is 52.3 Å². The molecular weight excluding hydrogens is 505 g/mol. The molecule has 1 fully saturated rings. The van der Waals surface area contributed by atoms with Crippen molar-refractivity contribution in [3.8, 4) is 5.75 Å². The number of aliphatic hydroxyl groups is 3. The first-order chi connectivity index (χ1) is 18.3. The molecule has 0 unspecified atom stereocenters. The summed E-state index contributed by atoms with van der Waals surface area (Å²) in [5.74, 6) is -5.47. The Morgan fingerprint density at radius 2 is 1.97 bits per heavy atom. The van der Waals surface area contributed by atoms with Gasteiger partial charge in [0.2, 0.25) is 0 Å². The number of fused-ring (bicyclic) bond motifs is 3. The van der Waals surface area contributed by atoms with Crippen LogP contribution in [0.4, 0.5) is 4.39 Å². The lowest BCUT2D eigenvalue weighted by Crippen LogP contribution is -2.60. The van der Waals surface area contributed by atoms with Crippen molar-refractivity contribution in [1.82, 2.24) is 9.80 Å². The van der Waals surface area contributed by atoms with Crippen LogP contribution in [0, 0.1) is 17.7 Å². The molecule has 9 nitrogen and oxygen atoms in total. The number of nitrogens with zero attached hydrogens (tertiary/aromatic N) is 2. The quantitative estimate of drug-likeness (QED) is 0.391. The topological polar surface area (TPSA) is 148 Å². The number of likely N-dealkylation sites (tertiary alicyclic amines) is 1. The Labute approximate surface area is 226 Å². The molecule has 1 heterocycles. The maximum absolute atomic E-state index is 16.0. The van der Waals surface area contributed by atoms with Crippen molar-refractivity contribution < 1.29 is 34.4 Å². The molecule has 210 valence electrons. The van der Waals surface area contributed by atoms with Crippen LogP contribution < -0.4 is 5.73 Å². The fourth-order valence-electron chi connectivity index (χ4n) is 7.25.